The predicted molar refractivity (Wildman–Crippen MR) is 77.8 cm³/mol. The summed E-state index contributed by atoms with van der Waals surface area (Å²) in [6.07, 6.45) is 2.08. The second kappa shape index (κ2) is 5.05. The van der Waals surface area contributed by atoms with Crippen molar-refractivity contribution in [3.63, 3.8) is 0 Å². The molecule has 1 amide bonds. The highest BCUT2D eigenvalue weighted by Crippen LogP contribution is 2.28. The minimum absolute atomic E-state index is 0.234. The van der Waals surface area contributed by atoms with Crippen molar-refractivity contribution in [2.75, 3.05) is 5.32 Å². The number of hydrogen-bond acceptors (Lipinski definition) is 5. The molecule has 2 heterocycles. The van der Waals surface area contributed by atoms with Crippen LogP contribution in [-0.4, -0.2) is 22.2 Å². The lowest BCUT2D eigenvalue weighted by atomic mass is 9.95. The van der Waals surface area contributed by atoms with E-state index in [1.165, 1.54) is 11.3 Å². The maximum Gasteiger partial charge on any atom is 0.273 e. The number of nitrogens with one attached hydrogen (secondary N) is 1. The molecule has 2 aromatic rings. The molecular formula is C14H13N3O2S. The van der Waals surface area contributed by atoms with E-state index < -0.39 is 5.60 Å². The summed E-state index contributed by atoms with van der Waals surface area (Å²) in [5.41, 5.74) is 0.761. The van der Waals surface area contributed by atoms with E-state index in [2.05, 4.69) is 15.5 Å². The first kappa shape index (κ1) is 12.8. The summed E-state index contributed by atoms with van der Waals surface area (Å²) in [5.74, 6) is -0.234. The Morgan fingerprint density at radius 2 is 2.20 bits per heavy atom. The van der Waals surface area contributed by atoms with Gasteiger partial charge in [-0.05, 0) is 12.5 Å². The summed E-state index contributed by atoms with van der Waals surface area (Å²) in [4.78, 5) is 21.7. The number of anilines is 1. The summed E-state index contributed by atoms with van der Waals surface area (Å²) in [7, 11) is 0. The summed E-state index contributed by atoms with van der Waals surface area (Å²) in [6, 6.07) is 9.71. The van der Waals surface area contributed by atoms with Gasteiger partial charge in [0.15, 0.2) is 5.13 Å². The molecule has 0 saturated carbocycles. The number of benzene rings is 1. The maximum atomic E-state index is 12.3. The lowest BCUT2D eigenvalue weighted by molar-refractivity contribution is -0.135. The van der Waals surface area contributed by atoms with Gasteiger partial charge in [0, 0.05) is 18.0 Å². The third kappa shape index (κ3) is 2.42. The highest BCUT2D eigenvalue weighted by molar-refractivity contribution is 7.13. The molecule has 6 heteroatoms. The number of thiazole rings is 1. The molecule has 0 bridgehead atoms. The van der Waals surface area contributed by atoms with Gasteiger partial charge < -0.3 is 4.84 Å². The zero-order valence-corrected chi connectivity index (χ0v) is 11.7. The van der Waals surface area contributed by atoms with Gasteiger partial charge >= 0.3 is 0 Å². The van der Waals surface area contributed by atoms with Crippen LogP contribution in [0.2, 0.25) is 0 Å². The Kier molecular flexibility index (Phi) is 3.23. The number of aromatic nitrogens is 1. The standard InChI is InChI=1S/C14H13N3O2S/c1-14(12(18)16-13-15-7-8-20-13)9-11(17-19-14)10-5-3-2-4-6-10/h2-8H,9H2,1H3,(H,15,16,18)/t14-/m1/s1. The summed E-state index contributed by atoms with van der Waals surface area (Å²) in [6.45, 7) is 1.73. The zero-order valence-electron chi connectivity index (χ0n) is 10.9. The second-order valence-electron chi connectivity index (χ2n) is 4.69. The van der Waals surface area contributed by atoms with E-state index in [-0.39, 0.29) is 5.91 Å². The molecule has 1 aromatic heterocycles. The van der Waals surface area contributed by atoms with Crippen molar-refractivity contribution in [3.05, 3.63) is 47.5 Å². The molecule has 102 valence electrons. The van der Waals surface area contributed by atoms with Crippen LogP contribution in [-0.2, 0) is 9.63 Å². The van der Waals surface area contributed by atoms with Crippen LogP contribution in [0.1, 0.15) is 18.9 Å². The highest BCUT2D eigenvalue weighted by atomic mass is 32.1. The lowest BCUT2D eigenvalue weighted by Gasteiger charge is -2.19. The first-order valence-corrected chi connectivity index (χ1v) is 7.07. The van der Waals surface area contributed by atoms with E-state index >= 15 is 0 Å². The van der Waals surface area contributed by atoms with Crippen LogP contribution in [0.15, 0.2) is 47.1 Å². The summed E-state index contributed by atoms with van der Waals surface area (Å²) in [5, 5.41) is 9.16. The van der Waals surface area contributed by atoms with Gasteiger partial charge in [-0.2, -0.15) is 0 Å². The predicted octanol–water partition coefficient (Wildman–Crippen LogP) is 2.66. The van der Waals surface area contributed by atoms with Crippen LogP contribution in [0.4, 0.5) is 5.13 Å². The summed E-state index contributed by atoms with van der Waals surface area (Å²) >= 11 is 1.37. The quantitative estimate of drug-likeness (QED) is 0.944. The van der Waals surface area contributed by atoms with Crippen molar-refractivity contribution in [3.8, 4) is 0 Å². The molecule has 1 aliphatic rings. The third-order valence-electron chi connectivity index (χ3n) is 3.10. The third-order valence-corrected chi connectivity index (χ3v) is 3.79. The van der Waals surface area contributed by atoms with Crippen LogP contribution in [0.25, 0.3) is 0 Å². The topological polar surface area (TPSA) is 63.6 Å². The Hall–Kier alpha value is -2.21. The number of oxime groups is 1. The largest absolute Gasteiger partial charge is 0.379 e. The molecular weight excluding hydrogens is 274 g/mol. The number of carbonyl (C=O) groups is 1. The molecule has 3 rings (SSSR count). The number of rotatable bonds is 3. The zero-order chi connectivity index (χ0) is 14.0. The number of hydrogen-bond donors (Lipinski definition) is 1. The minimum atomic E-state index is -0.989. The maximum absolute atomic E-state index is 12.3. The Morgan fingerprint density at radius 3 is 2.90 bits per heavy atom. The average molecular weight is 287 g/mol. The molecule has 1 atom stereocenters. The lowest BCUT2D eigenvalue weighted by Crippen LogP contribution is -2.40. The molecule has 20 heavy (non-hydrogen) atoms. The van der Waals surface area contributed by atoms with Crippen molar-refractivity contribution in [2.24, 2.45) is 5.16 Å². The van der Waals surface area contributed by atoms with Crippen LogP contribution in [0.3, 0.4) is 0 Å². The van der Waals surface area contributed by atoms with E-state index in [9.17, 15) is 4.79 Å². The summed E-state index contributed by atoms with van der Waals surface area (Å²) < 4.78 is 0. The molecule has 1 aromatic carbocycles. The van der Waals surface area contributed by atoms with Crippen LogP contribution in [0.5, 0.6) is 0 Å². The monoisotopic (exact) mass is 287 g/mol. The van der Waals surface area contributed by atoms with E-state index in [0.717, 1.165) is 11.3 Å². The van der Waals surface area contributed by atoms with Gasteiger partial charge in [-0.1, -0.05) is 35.5 Å². The Morgan fingerprint density at radius 1 is 1.40 bits per heavy atom. The molecule has 0 spiro atoms. The van der Waals surface area contributed by atoms with Crippen molar-refractivity contribution < 1.29 is 9.63 Å². The average Bonchev–Trinajstić information content (AvgIpc) is 3.10. The highest BCUT2D eigenvalue weighted by Gasteiger charge is 2.42. The van der Waals surface area contributed by atoms with E-state index in [4.69, 9.17) is 4.84 Å². The minimum Gasteiger partial charge on any atom is -0.379 e. The molecule has 0 aliphatic carbocycles. The molecule has 1 N–H and O–H groups in total. The van der Waals surface area contributed by atoms with Crippen LogP contribution >= 0.6 is 11.3 Å². The van der Waals surface area contributed by atoms with Crippen molar-refractivity contribution in [1.29, 1.82) is 0 Å². The van der Waals surface area contributed by atoms with Gasteiger partial charge in [0.25, 0.3) is 5.91 Å². The van der Waals surface area contributed by atoms with Crippen molar-refractivity contribution in [1.82, 2.24) is 4.98 Å². The fraction of sp³-hybridized carbons (Fsp3) is 0.214. The molecule has 1 aliphatic heterocycles. The SMILES string of the molecule is C[C@]1(C(=O)Nc2nccs2)CC(c2ccccc2)=NO1. The first-order valence-electron chi connectivity index (χ1n) is 6.19. The van der Waals surface area contributed by atoms with Crippen LogP contribution in [0, 0.1) is 0 Å². The second-order valence-corrected chi connectivity index (χ2v) is 5.59. The smallest absolute Gasteiger partial charge is 0.273 e. The molecule has 0 radical (unpaired) electrons. The van der Waals surface area contributed by atoms with E-state index in [1.807, 2.05) is 30.3 Å². The Bertz CT molecular complexity index is 640. The first-order chi connectivity index (χ1) is 9.67. The van der Waals surface area contributed by atoms with Gasteiger partial charge in [0.05, 0.1) is 5.71 Å². The Labute approximate surface area is 120 Å². The van der Waals surface area contributed by atoms with E-state index in [0.29, 0.717) is 11.6 Å². The number of amides is 1. The number of nitrogens with zero attached hydrogens (tertiary/aromatic N) is 2. The number of carbonyl (C=O) groups excluding carboxylic acids is 1. The van der Waals surface area contributed by atoms with Gasteiger partial charge in [-0.15, -0.1) is 11.3 Å². The van der Waals surface area contributed by atoms with Crippen molar-refractivity contribution >= 4 is 28.1 Å². The molecule has 0 fully saturated rings. The molecule has 0 unspecified atom stereocenters. The van der Waals surface area contributed by atoms with Gasteiger partial charge in [-0.25, -0.2) is 4.98 Å². The van der Waals surface area contributed by atoms with E-state index in [1.54, 1.807) is 18.5 Å². The van der Waals surface area contributed by atoms with Crippen molar-refractivity contribution in [2.45, 2.75) is 18.9 Å². The molecule has 5 nitrogen and oxygen atoms in total. The Balaban J connectivity index is 1.72. The van der Waals surface area contributed by atoms with Gasteiger partial charge in [0.1, 0.15) is 0 Å². The normalized spacial score (nSPS) is 21.1. The van der Waals surface area contributed by atoms with Crippen LogP contribution < -0.4 is 5.32 Å². The van der Waals surface area contributed by atoms with Gasteiger partial charge in [-0.3, -0.25) is 10.1 Å². The van der Waals surface area contributed by atoms with Gasteiger partial charge in [0.2, 0.25) is 5.60 Å². The fourth-order valence-corrected chi connectivity index (χ4v) is 2.49. The molecule has 0 saturated heterocycles. The fourth-order valence-electron chi connectivity index (χ4n) is 1.96.